The molecule has 20 heavy (non-hydrogen) atoms. The highest BCUT2D eigenvalue weighted by Gasteiger charge is 2.11. The van der Waals surface area contributed by atoms with E-state index in [1.807, 2.05) is 13.0 Å². The molecule has 2 aromatic carbocycles. The van der Waals surface area contributed by atoms with Crippen molar-refractivity contribution in [2.75, 3.05) is 5.32 Å². The van der Waals surface area contributed by atoms with Crippen LogP contribution in [-0.2, 0) is 0 Å². The molecule has 1 aromatic heterocycles. The van der Waals surface area contributed by atoms with Crippen LogP contribution in [0.15, 0.2) is 48.5 Å². The van der Waals surface area contributed by atoms with E-state index in [1.165, 1.54) is 21.0 Å². The molecule has 1 heterocycles. The number of aryl methyl sites for hydroxylation is 1. The highest BCUT2D eigenvalue weighted by Crippen LogP contribution is 2.32. The van der Waals surface area contributed by atoms with Crippen molar-refractivity contribution in [3.05, 3.63) is 64.8 Å². The Balaban J connectivity index is 1.88. The standard InChI is InChI=1S/C17H16FNS/c1-11-7-8-14(18)10-15(11)19-12(2)17-9-13-5-3-4-6-16(13)20-17/h3-10,12,19H,1-2H3. The van der Waals surface area contributed by atoms with E-state index in [9.17, 15) is 4.39 Å². The van der Waals surface area contributed by atoms with Crippen LogP contribution in [0.4, 0.5) is 10.1 Å². The Bertz CT molecular complexity index is 715. The molecule has 1 nitrogen and oxygen atoms in total. The smallest absolute Gasteiger partial charge is 0.125 e. The molecule has 1 unspecified atom stereocenters. The van der Waals surface area contributed by atoms with E-state index in [0.717, 1.165) is 11.3 Å². The third kappa shape index (κ3) is 2.54. The summed E-state index contributed by atoms with van der Waals surface area (Å²) in [4.78, 5) is 1.26. The van der Waals surface area contributed by atoms with Gasteiger partial charge in [-0.1, -0.05) is 24.3 Å². The van der Waals surface area contributed by atoms with Gasteiger partial charge in [-0.3, -0.25) is 0 Å². The predicted octanol–water partition coefficient (Wildman–Crippen LogP) is 5.52. The number of hydrogen-bond donors (Lipinski definition) is 1. The van der Waals surface area contributed by atoms with Crippen molar-refractivity contribution in [1.82, 2.24) is 0 Å². The van der Waals surface area contributed by atoms with Crippen LogP contribution in [0.3, 0.4) is 0 Å². The number of benzene rings is 2. The molecule has 0 fully saturated rings. The zero-order valence-electron chi connectivity index (χ0n) is 11.5. The van der Waals surface area contributed by atoms with Crippen LogP contribution in [0.2, 0.25) is 0 Å². The van der Waals surface area contributed by atoms with E-state index >= 15 is 0 Å². The summed E-state index contributed by atoms with van der Waals surface area (Å²) >= 11 is 1.78. The summed E-state index contributed by atoms with van der Waals surface area (Å²) in [6.45, 7) is 4.09. The number of anilines is 1. The first-order valence-electron chi connectivity index (χ1n) is 6.64. The normalized spacial score (nSPS) is 12.6. The van der Waals surface area contributed by atoms with E-state index in [4.69, 9.17) is 0 Å². The molecule has 102 valence electrons. The highest BCUT2D eigenvalue weighted by atomic mass is 32.1. The van der Waals surface area contributed by atoms with Crippen LogP contribution in [0.25, 0.3) is 10.1 Å². The number of hydrogen-bond acceptors (Lipinski definition) is 2. The van der Waals surface area contributed by atoms with E-state index in [1.54, 1.807) is 23.5 Å². The Labute approximate surface area is 122 Å². The van der Waals surface area contributed by atoms with Gasteiger partial charge in [0.1, 0.15) is 5.82 Å². The van der Waals surface area contributed by atoms with Crippen LogP contribution < -0.4 is 5.32 Å². The second kappa shape index (κ2) is 5.25. The minimum Gasteiger partial charge on any atom is -0.377 e. The summed E-state index contributed by atoms with van der Waals surface area (Å²) in [5.74, 6) is -0.207. The van der Waals surface area contributed by atoms with Crippen molar-refractivity contribution in [2.45, 2.75) is 19.9 Å². The zero-order chi connectivity index (χ0) is 14.1. The third-order valence-electron chi connectivity index (χ3n) is 3.44. The Hall–Kier alpha value is -1.87. The summed E-state index contributed by atoms with van der Waals surface area (Å²) in [6, 6.07) is 15.6. The summed E-state index contributed by atoms with van der Waals surface area (Å²) in [7, 11) is 0. The van der Waals surface area contributed by atoms with E-state index in [2.05, 4.69) is 36.5 Å². The zero-order valence-corrected chi connectivity index (χ0v) is 12.3. The summed E-state index contributed by atoms with van der Waals surface area (Å²) in [5.41, 5.74) is 1.91. The quantitative estimate of drug-likeness (QED) is 0.668. The lowest BCUT2D eigenvalue weighted by Crippen LogP contribution is -2.06. The Morgan fingerprint density at radius 3 is 2.70 bits per heavy atom. The molecule has 3 rings (SSSR count). The molecule has 0 saturated carbocycles. The number of halogens is 1. The molecule has 0 saturated heterocycles. The maximum Gasteiger partial charge on any atom is 0.125 e. The maximum atomic E-state index is 13.3. The number of thiophene rings is 1. The third-order valence-corrected chi connectivity index (χ3v) is 4.74. The van der Waals surface area contributed by atoms with Crippen LogP contribution in [0, 0.1) is 12.7 Å². The molecule has 0 aliphatic heterocycles. The second-order valence-corrected chi connectivity index (χ2v) is 6.13. The Morgan fingerprint density at radius 1 is 1.10 bits per heavy atom. The van der Waals surface area contributed by atoms with Gasteiger partial charge >= 0.3 is 0 Å². The second-order valence-electron chi connectivity index (χ2n) is 5.01. The fraction of sp³-hybridized carbons (Fsp3) is 0.176. The molecule has 3 aromatic rings. The Morgan fingerprint density at radius 2 is 1.90 bits per heavy atom. The molecule has 1 atom stereocenters. The van der Waals surface area contributed by atoms with Gasteiger partial charge < -0.3 is 5.32 Å². The van der Waals surface area contributed by atoms with Gasteiger partial charge in [-0.15, -0.1) is 11.3 Å². The molecular formula is C17H16FNS. The lowest BCUT2D eigenvalue weighted by molar-refractivity contribution is 0.627. The molecule has 0 aliphatic rings. The van der Waals surface area contributed by atoms with Gasteiger partial charge in [0.15, 0.2) is 0 Å². The molecule has 0 aliphatic carbocycles. The summed E-state index contributed by atoms with van der Waals surface area (Å²) < 4.78 is 14.6. The van der Waals surface area contributed by atoms with Gasteiger partial charge in [0.25, 0.3) is 0 Å². The van der Waals surface area contributed by atoms with E-state index < -0.39 is 0 Å². The summed E-state index contributed by atoms with van der Waals surface area (Å²) in [6.07, 6.45) is 0. The average molecular weight is 285 g/mol. The van der Waals surface area contributed by atoms with Crippen LogP contribution in [0.5, 0.6) is 0 Å². The van der Waals surface area contributed by atoms with Crippen molar-refractivity contribution in [3.63, 3.8) is 0 Å². The van der Waals surface area contributed by atoms with Gasteiger partial charge in [-0.05, 0) is 49.1 Å². The van der Waals surface area contributed by atoms with Crippen LogP contribution in [-0.4, -0.2) is 0 Å². The molecule has 1 N–H and O–H groups in total. The van der Waals surface area contributed by atoms with Gasteiger partial charge in [0.2, 0.25) is 0 Å². The largest absolute Gasteiger partial charge is 0.377 e. The first-order chi connectivity index (χ1) is 9.63. The van der Waals surface area contributed by atoms with Gasteiger partial charge in [-0.2, -0.15) is 0 Å². The topological polar surface area (TPSA) is 12.0 Å². The highest BCUT2D eigenvalue weighted by molar-refractivity contribution is 7.19. The maximum absolute atomic E-state index is 13.3. The van der Waals surface area contributed by atoms with E-state index in [-0.39, 0.29) is 11.9 Å². The monoisotopic (exact) mass is 285 g/mol. The predicted molar refractivity (Wildman–Crippen MR) is 85.0 cm³/mol. The van der Waals surface area contributed by atoms with Crippen molar-refractivity contribution in [3.8, 4) is 0 Å². The molecule has 0 radical (unpaired) electrons. The van der Waals surface area contributed by atoms with Crippen LogP contribution in [0.1, 0.15) is 23.4 Å². The van der Waals surface area contributed by atoms with Crippen molar-refractivity contribution in [2.24, 2.45) is 0 Å². The van der Waals surface area contributed by atoms with Crippen LogP contribution >= 0.6 is 11.3 Å². The minimum atomic E-state index is -0.207. The molecule has 3 heteroatoms. The lowest BCUT2D eigenvalue weighted by Gasteiger charge is -2.15. The molecular weight excluding hydrogens is 269 g/mol. The van der Waals surface area contributed by atoms with Crippen molar-refractivity contribution >= 4 is 27.1 Å². The fourth-order valence-corrected chi connectivity index (χ4v) is 3.34. The van der Waals surface area contributed by atoms with E-state index in [0.29, 0.717) is 0 Å². The minimum absolute atomic E-state index is 0.160. The van der Waals surface area contributed by atoms with Gasteiger partial charge in [0, 0.05) is 15.3 Å². The fourth-order valence-electron chi connectivity index (χ4n) is 2.27. The first kappa shape index (κ1) is 13.1. The molecule has 0 amide bonds. The number of rotatable bonds is 3. The number of nitrogens with one attached hydrogen (secondary N) is 1. The van der Waals surface area contributed by atoms with Crippen molar-refractivity contribution < 1.29 is 4.39 Å². The Kier molecular flexibility index (Phi) is 3.45. The average Bonchev–Trinajstić information content (AvgIpc) is 2.87. The number of fused-ring (bicyclic) bond motifs is 1. The van der Waals surface area contributed by atoms with Gasteiger partial charge in [0.05, 0.1) is 6.04 Å². The van der Waals surface area contributed by atoms with Crippen molar-refractivity contribution in [1.29, 1.82) is 0 Å². The SMILES string of the molecule is Cc1ccc(F)cc1NC(C)c1cc2ccccc2s1. The summed E-state index contributed by atoms with van der Waals surface area (Å²) in [5, 5.41) is 4.66. The lowest BCUT2D eigenvalue weighted by atomic mass is 10.1. The first-order valence-corrected chi connectivity index (χ1v) is 7.46. The molecule has 0 spiro atoms. The molecule has 0 bridgehead atoms. The van der Waals surface area contributed by atoms with Gasteiger partial charge in [-0.25, -0.2) is 4.39 Å².